The summed E-state index contributed by atoms with van der Waals surface area (Å²) in [7, 11) is 0. The Morgan fingerprint density at radius 2 is 0.907 bits per heavy atom. The normalized spacial score (nSPS) is 18.9. The molecule has 0 amide bonds. The van der Waals surface area contributed by atoms with E-state index in [-0.39, 0.29) is 49.0 Å². The summed E-state index contributed by atoms with van der Waals surface area (Å²) in [6.07, 6.45) is 0. The Labute approximate surface area is 280 Å². The van der Waals surface area contributed by atoms with Gasteiger partial charge < -0.3 is 4.42 Å². The van der Waals surface area contributed by atoms with E-state index >= 15 is 0 Å². The average molecular weight is 569 g/mol. The van der Waals surface area contributed by atoms with Crippen LogP contribution in [-0.2, 0) is 0 Å². The van der Waals surface area contributed by atoms with Crippen molar-refractivity contribution >= 4 is 54.3 Å². The number of rotatable bonds is 3. The molecule has 0 N–H and O–H groups in total. The molecule has 0 bridgehead atoms. The zero-order valence-corrected chi connectivity index (χ0v) is 21.7. The summed E-state index contributed by atoms with van der Waals surface area (Å²) < 4.78 is 200. The molecule has 43 heavy (non-hydrogen) atoms. The van der Waals surface area contributed by atoms with E-state index in [0.29, 0.717) is 0 Å². The first kappa shape index (κ1) is 10.9. The van der Waals surface area contributed by atoms with Gasteiger partial charge in [-0.25, -0.2) is 0 Å². The van der Waals surface area contributed by atoms with Crippen molar-refractivity contribution in [3.05, 3.63) is 157 Å². The second kappa shape index (κ2) is 9.44. The Kier molecular flexibility index (Phi) is 2.39. The highest BCUT2D eigenvalue weighted by molar-refractivity contribution is 6.25. The molecule has 9 rings (SSSR count). The third-order valence-corrected chi connectivity index (χ3v) is 7.33. The molecule has 8 aromatic carbocycles. The van der Waals surface area contributed by atoms with E-state index < -0.39 is 172 Å². The molecule has 0 saturated carbocycles. The lowest BCUT2D eigenvalue weighted by Crippen LogP contribution is -1.91. The standard InChI is InChI=1S/C42H26O/c1-2-13-30-27(11-1)12-9-19-31(30)28-23-25-29(26-24-28)40-32-14-3-5-16-34(32)41(35-17-6-4-15-33(35)40)37-20-10-22-39-42(37)36-18-7-8-21-38(36)43-39/h1-26H/i1D,2D,3D,4D,5D,6D,7D,8D,9D,10D,11D,12D,13D,18D,19D,20D,21D,22D,23D,24D,25D,26D. The lowest BCUT2D eigenvalue weighted by Gasteiger charge is -2.18. The first-order valence-corrected chi connectivity index (χ1v) is 13.0. The largest absolute Gasteiger partial charge is 0.456 e. The van der Waals surface area contributed by atoms with Crippen LogP contribution in [0.4, 0.5) is 0 Å². The second-order valence-corrected chi connectivity index (χ2v) is 9.57. The summed E-state index contributed by atoms with van der Waals surface area (Å²) in [4.78, 5) is 0. The highest BCUT2D eigenvalue weighted by Crippen LogP contribution is 2.47. The van der Waals surface area contributed by atoms with Crippen LogP contribution in [0.15, 0.2) is 162 Å². The first-order chi connectivity index (χ1) is 30.5. The molecule has 0 aliphatic heterocycles. The second-order valence-electron chi connectivity index (χ2n) is 9.57. The Hall–Kier alpha value is -5.66. The topological polar surface area (TPSA) is 13.1 Å². The fourth-order valence-corrected chi connectivity index (χ4v) is 5.53. The molecule has 0 fully saturated rings. The monoisotopic (exact) mass is 568 g/mol. The Morgan fingerprint density at radius 3 is 1.65 bits per heavy atom. The van der Waals surface area contributed by atoms with Gasteiger partial charge in [0.05, 0.1) is 30.2 Å². The smallest absolute Gasteiger partial charge is 0.136 e. The fourth-order valence-electron chi connectivity index (χ4n) is 5.53. The van der Waals surface area contributed by atoms with Gasteiger partial charge in [0.25, 0.3) is 0 Å². The molecule has 0 aliphatic carbocycles. The molecule has 9 aromatic rings. The maximum atomic E-state index is 9.50. The minimum absolute atomic E-state index is 0.0472. The Bertz CT molecular complexity index is 3640. The summed E-state index contributed by atoms with van der Waals surface area (Å²) >= 11 is 0. The van der Waals surface area contributed by atoms with Gasteiger partial charge in [-0.2, -0.15) is 0 Å². The lowest BCUT2D eigenvalue weighted by molar-refractivity contribution is 0.669. The number of benzene rings is 8. The number of furan rings is 1. The number of hydrogen-bond donors (Lipinski definition) is 0. The third-order valence-electron chi connectivity index (χ3n) is 7.33. The highest BCUT2D eigenvalue weighted by Gasteiger charge is 2.20. The van der Waals surface area contributed by atoms with Crippen LogP contribution in [0, 0.1) is 0 Å². The first-order valence-electron chi connectivity index (χ1n) is 24.0. The van der Waals surface area contributed by atoms with Crippen molar-refractivity contribution < 1.29 is 34.6 Å². The van der Waals surface area contributed by atoms with Gasteiger partial charge >= 0.3 is 0 Å². The van der Waals surface area contributed by atoms with Crippen molar-refractivity contribution in [1.29, 1.82) is 0 Å². The fraction of sp³-hybridized carbons (Fsp3) is 0. The van der Waals surface area contributed by atoms with Crippen LogP contribution in [0.2, 0.25) is 0 Å². The number of para-hydroxylation sites is 1. The van der Waals surface area contributed by atoms with Crippen molar-refractivity contribution in [3.8, 4) is 33.4 Å². The molecule has 0 radical (unpaired) electrons. The lowest BCUT2D eigenvalue weighted by atomic mass is 9.84. The summed E-state index contributed by atoms with van der Waals surface area (Å²) in [6.45, 7) is 0. The van der Waals surface area contributed by atoms with Crippen molar-refractivity contribution in [1.82, 2.24) is 0 Å². The maximum Gasteiger partial charge on any atom is 0.136 e. The van der Waals surface area contributed by atoms with E-state index in [9.17, 15) is 6.85 Å². The zero-order valence-electron chi connectivity index (χ0n) is 43.7. The van der Waals surface area contributed by atoms with Crippen LogP contribution in [0.1, 0.15) is 30.2 Å². The number of fused-ring (bicyclic) bond motifs is 6. The van der Waals surface area contributed by atoms with Crippen LogP contribution in [-0.4, -0.2) is 0 Å². The minimum Gasteiger partial charge on any atom is -0.456 e. The summed E-state index contributed by atoms with van der Waals surface area (Å²) in [5, 5.41) is -1.67. The molecule has 0 saturated heterocycles. The predicted octanol–water partition coefficient (Wildman–Crippen LogP) is 12.0. The van der Waals surface area contributed by atoms with Crippen molar-refractivity contribution in [2.24, 2.45) is 0 Å². The van der Waals surface area contributed by atoms with E-state index in [4.69, 9.17) is 27.7 Å². The average Bonchev–Trinajstić information content (AvgIpc) is 3.67. The molecular formula is C42H26O. The minimum atomic E-state index is -0.851. The van der Waals surface area contributed by atoms with Crippen LogP contribution in [0.25, 0.3) is 87.6 Å². The van der Waals surface area contributed by atoms with E-state index in [2.05, 4.69) is 0 Å². The van der Waals surface area contributed by atoms with Crippen LogP contribution in [0.5, 0.6) is 0 Å². The van der Waals surface area contributed by atoms with Gasteiger partial charge in [-0.05, 0) is 77.8 Å². The Balaban J connectivity index is 1.51. The molecule has 1 nitrogen and oxygen atoms in total. The molecule has 1 aromatic heterocycles. The van der Waals surface area contributed by atoms with E-state index in [0.717, 1.165) is 0 Å². The quantitative estimate of drug-likeness (QED) is 0.193. The van der Waals surface area contributed by atoms with Gasteiger partial charge in [0, 0.05) is 10.8 Å². The van der Waals surface area contributed by atoms with Gasteiger partial charge in [0.1, 0.15) is 11.2 Å². The van der Waals surface area contributed by atoms with Crippen molar-refractivity contribution in [2.75, 3.05) is 0 Å². The van der Waals surface area contributed by atoms with Gasteiger partial charge in [-0.1, -0.05) is 145 Å². The van der Waals surface area contributed by atoms with Crippen LogP contribution < -0.4 is 0 Å². The van der Waals surface area contributed by atoms with Gasteiger partial charge in [-0.3, -0.25) is 0 Å². The van der Waals surface area contributed by atoms with Crippen molar-refractivity contribution in [2.45, 2.75) is 0 Å². The van der Waals surface area contributed by atoms with Crippen molar-refractivity contribution in [3.63, 3.8) is 0 Å². The van der Waals surface area contributed by atoms with E-state index in [1.165, 1.54) is 24.3 Å². The molecule has 0 unspecified atom stereocenters. The Morgan fingerprint density at radius 1 is 0.372 bits per heavy atom. The maximum absolute atomic E-state index is 9.50. The molecule has 1 heterocycles. The van der Waals surface area contributed by atoms with Crippen LogP contribution in [0.3, 0.4) is 0 Å². The number of hydrogen-bond acceptors (Lipinski definition) is 1. The third kappa shape index (κ3) is 3.65. The van der Waals surface area contributed by atoms with Gasteiger partial charge in [0.2, 0.25) is 0 Å². The zero-order chi connectivity index (χ0) is 47.5. The van der Waals surface area contributed by atoms with E-state index in [1.807, 2.05) is 0 Å². The van der Waals surface area contributed by atoms with Crippen LogP contribution >= 0.6 is 0 Å². The van der Waals surface area contributed by atoms with E-state index in [1.54, 1.807) is 0 Å². The summed E-state index contributed by atoms with van der Waals surface area (Å²) in [6, 6.07) is -10.2. The molecule has 0 spiro atoms. The highest BCUT2D eigenvalue weighted by atomic mass is 16.3. The molecule has 0 atom stereocenters. The molecule has 200 valence electrons. The molecular weight excluding hydrogens is 520 g/mol. The molecule has 0 aliphatic rings. The summed E-state index contributed by atoms with van der Waals surface area (Å²) in [5.41, 5.74) is -2.96. The van der Waals surface area contributed by atoms with Gasteiger partial charge in [-0.15, -0.1) is 0 Å². The van der Waals surface area contributed by atoms with Gasteiger partial charge in [0.15, 0.2) is 0 Å². The molecule has 1 heteroatoms. The summed E-state index contributed by atoms with van der Waals surface area (Å²) in [5.74, 6) is 0. The SMILES string of the molecule is [2H]c1cc2c(-c3c([2H])c([2H])c(-c4c([2H])c([2H])c([2H])c5c([2H])c([2H])c([2H])c([2H])c45)c([2H])c3[2H])c3cc([2H])c([2H])cc3c(-c3c([2H])c([2H])c([2H])c4oc5c([2H])c([2H])c([2H])c([2H])c5c34)c2cc1[2H]. The predicted molar refractivity (Wildman–Crippen MR) is 183 cm³/mol.